The second-order valence-electron chi connectivity index (χ2n) is 4.69. The maximum absolute atomic E-state index is 12.4. The van der Waals surface area contributed by atoms with Gasteiger partial charge in [-0.1, -0.05) is 30.3 Å². The standard InChI is InChI=1S/C14H13BrN2O/c1-17-13(12(15)8-16-17)14(18)11-7-10(11)9-5-3-2-4-6-9/h2-6,8,10-11H,7H2,1H3. The number of nitrogens with zero attached hydrogens (tertiary/aromatic N) is 2. The van der Waals surface area contributed by atoms with Gasteiger partial charge in [-0.15, -0.1) is 0 Å². The third-order valence-electron chi connectivity index (χ3n) is 3.48. The molecule has 0 bridgehead atoms. The van der Waals surface area contributed by atoms with Crippen molar-refractivity contribution >= 4 is 21.7 Å². The molecule has 1 fully saturated rings. The number of halogens is 1. The minimum Gasteiger partial charge on any atom is -0.292 e. The van der Waals surface area contributed by atoms with Gasteiger partial charge in [-0.05, 0) is 33.8 Å². The monoisotopic (exact) mass is 304 g/mol. The number of aryl methyl sites for hydroxylation is 1. The first-order valence-corrected chi connectivity index (χ1v) is 6.74. The van der Waals surface area contributed by atoms with Crippen LogP contribution in [0, 0.1) is 5.92 Å². The van der Waals surface area contributed by atoms with Crippen LogP contribution in [0.3, 0.4) is 0 Å². The van der Waals surface area contributed by atoms with Crippen LogP contribution in [0.1, 0.15) is 28.4 Å². The van der Waals surface area contributed by atoms with Gasteiger partial charge in [0.15, 0.2) is 5.78 Å². The molecule has 1 aromatic heterocycles. The molecule has 1 aliphatic rings. The van der Waals surface area contributed by atoms with E-state index >= 15 is 0 Å². The lowest BCUT2D eigenvalue weighted by Crippen LogP contribution is -2.10. The van der Waals surface area contributed by atoms with Crippen molar-refractivity contribution in [2.45, 2.75) is 12.3 Å². The summed E-state index contributed by atoms with van der Waals surface area (Å²) in [5, 5.41) is 4.09. The minimum atomic E-state index is 0.110. The summed E-state index contributed by atoms with van der Waals surface area (Å²) in [7, 11) is 1.80. The number of aromatic nitrogens is 2. The highest BCUT2D eigenvalue weighted by atomic mass is 79.9. The first-order chi connectivity index (χ1) is 8.68. The summed E-state index contributed by atoms with van der Waals surface area (Å²) in [5.41, 5.74) is 1.94. The zero-order chi connectivity index (χ0) is 12.7. The van der Waals surface area contributed by atoms with Crippen LogP contribution in [0.15, 0.2) is 41.0 Å². The fraction of sp³-hybridized carbons (Fsp3) is 0.286. The summed E-state index contributed by atoms with van der Waals surface area (Å²) >= 11 is 3.39. The zero-order valence-corrected chi connectivity index (χ0v) is 11.6. The third-order valence-corrected chi connectivity index (χ3v) is 4.06. The van der Waals surface area contributed by atoms with Gasteiger partial charge in [-0.3, -0.25) is 9.48 Å². The number of rotatable bonds is 3. The Balaban J connectivity index is 1.81. The van der Waals surface area contributed by atoms with Gasteiger partial charge >= 0.3 is 0 Å². The second-order valence-corrected chi connectivity index (χ2v) is 5.54. The Morgan fingerprint density at radius 2 is 2.11 bits per heavy atom. The van der Waals surface area contributed by atoms with Crippen LogP contribution in [0.5, 0.6) is 0 Å². The van der Waals surface area contributed by atoms with Crippen LogP contribution in [-0.2, 0) is 7.05 Å². The number of hydrogen-bond acceptors (Lipinski definition) is 2. The van der Waals surface area contributed by atoms with E-state index in [1.165, 1.54) is 5.56 Å². The molecule has 2 aromatic rings. The van der Waals surface area contributed by atoms with Crippen molar-refractivity contribution < 1.29 is 4.79 Å². The van der Waals surface area contributed by atoms with Crippen LogP contribution in [0.4, 0.5) is 0 Å². The van der Waals surface area contributed by atoms with Crippen LogP contribution in [0.25, 0.3) is 0 Å². The molecule has 3 rings (SSSR count). The van der Waals surface area contributed by atoms with Gasteiger partial charge < -0.3 is 0 Å². The molecule has 0 radical (unpaired) electrons. The average molecular weight is 305 g/mol. The molecule has 0 amide bonds. The predicted octanol–water partition coefficient (Wildman–Crippen LogP) is 3.17. The van der Waals surface area contributed by atoms with E-state index in [1.807, 2.05) is 18.2 Å². The summed E-state index contributed by atoms with van der Waals surface area (Å²) in [5.74, 6) is 0.676. The molecule has 18 heavy (non-hydrogen) atoms. The van der Waals surface area contributed by atoms with E-state index in [-0.39, 0.29) is 11.7 Å². The first kappa shape index (κ1) is 11.7. The highest BCUT2D eigenvalue weighted by Gasteiger charge is 2.45. The summed E-state index contributed by atoms with van der Waals surface area (Å²) < 4.78 is 2.43. The molecule has 2 atom stereocenters. The minimum absolute atomic E-state index is 0.110. The van der Waals surface area contributed by atoms with Gasteiger partial charge in [0, 0.05) is 13.0 Å². The molecule has 3 nitrogen and oxygen atoms in total. The molecule has 92 valence electrons. The lowest BCUT2D eigenvalue weighted by atomic mass is 10.1. The molecular weight excluding hydrogens is 292 g/mol. The van der Waals surface area contributed by atoms with E-state index in [1.54, 1.807) is 17.9 Å². The van der Waals surface area contributed by atoms with E-state index in [9.17, 15) is 4.79 Å². The highest BCUT2D eigenvalue weighted by molar-refractivity contribution is 9.10. The number of carbonyl (C=O) groups excluding carboxylic acids is 1. The molecule has 0 N–H and O–H groups in total. The summed E-state index contributed by atoms with van der Waals surface area (Å²) in [6, 6.07) is 10.2. The molecule has 1 aliphatic carbocycles. The Morgan fingerprint density at radius 1 is 1.39 bits per heavy atom. The van der Waals surface area contributed by atoms with E-state index < -0.39 is 0 Å². The smallest absolute Gasteiger partial charge is 0.185 e. The van der Waals surface area contributed by atoms with Crippen molar-refractivity contribution in [1.82, 2.24) is 9.78 Å². The molecule has 1 aromatic carbocycles. The van der Waals surface area contributed by atoms with Crippen molar-refractivity contribution in [2.24, 2.45) is 13.0 Å². The normalized spacial score (nSPS) is 21.9. The lowest BCUT2D eigenvalue weighted by Gasteiger charge is -2.02. The topological polar surface area (TPSA) is 34.9 Å². The van der Waals surface area contributed by atoms with Gasteiger partial charge in [0.05, 0.1) is 10.7 Å². The Kier molecular flexibility index (Phi) is 2.82. The molecule has 1 saturated carbocycles. The number of benzene rings is 1. The fourth-order valence-electron chi connectivity index (χ4n) is 2.42. The number of carbonyl (C=O) groups is 1. The van der Waals surface area contributed by atoms with Crippen molar-refractivity contribution in [3.63, 3.8) is 0 Å². The molecule has 0 spiro atoms. The largest absolute Gasteiger partial charge is 0.292 e. The first-order valence-electron chi connectivity index (χ1n) is 5.95. The maximum atomic E-state index is 12.4. The summed E-state index contributed by atoms with van der Waals surface area (Å²) in [4.78, 5) is 12.4. The zero-order valence-electron chi connectivity index (χ0n) is 10.0. The number of hydrogen-bond donors (Lipinski definition) is 0. The Bertz CT molecular complexity index is 572. The summed E-state index contributed by atoms with van der Waals surface area (Å²) in [6.07, 6.45) is 2.62. The Morgan fingerprint density at radius 3 is 2.72 bits per heavy atom. The fourth-order valence-corrected chi connectivity index (χ4v) is 2.96. The van der Waals surface area contributed by atoms with Crippen molar-refractivity contribution in [1.29, 1.82) is 0 Å². The molecule has 0 saturated heterocycles. The van der Waals surface area contributed by atoms with Crippen LogP contribution < -0.4 is 0 Å². The Labute approximate surface area is 114 Å². The Hall–Kier alpha value is -1.42. The number of Topliss-reactive ketones (excluding diaryl/α,β-unsaturated/α-hetero) is 1. The van der Waals surface area contributed by atoms with Crippen LogP contribution >= 0.6 is 15.9 Å². The summed E-state index contributed by atoms with van der Waals surface area (Å²) in [6.45, 7) is 0. The third kappa shape index (κ3) is 1.90. The van der Waals surface area contributed by atoms with E-state index in [2.05, 4.69) is 33.2 Å². The van der Waals surface area contributed by atoms with Gasteiger partial charge in [0.2, 0.25) is 0 Å². The van der Waals surface area contributed by atoms with Crippen molar-refractivity contribution in [3.8, 4) is 0 Å². The molecule has 1 heterocycles. The molecular formula is C14H13BrN2O. The maximum Gasteiger partial charge on any atom is 0.185 e. The number of ketones is 1. The quantitative estimate of drug-likeness (QED) is 0.816. The highest BCUT2D eigenvalue weighted by Crippen LogP contribution is 2.49. The van der Waals surface area contributed by atoms with Crippen LogP contribution in [-0.4, -0.2) is 15.6 Å². The van der Waals surface area contributed by atoms with E-state index in [0.717, 1.165) is 10.9 Å². The van der Waals surface area contributed by atoms with Gasteiger partial charge in [-0.25, -0.2) is 0 Å². The molecule has 2 unspecified atom stereocenters. The SMILES string of the molecule is Cn1ncc(Br)c1C(=O)C1CC1c1ccccc1. The van der Waals surface area contributed by atoms with Crippen molar-refractivity contribution in [2.75, 3.05) is 0 Å². The van der Waals surface area contributed by atoms with Gasteiger partial charge in [0.25, 0.3) is 0 Å². The molecule has 4 heteroatoms. The van der Waals surface area contributed by atoms with Gasteiger partial charge in [-0.2, -0.15) is 5.10 Å². The van der Waals surface area contributed by atoms with Crippen LogP contribution in [0.2, 0.25) is 0 Å². The molecule has 0 aliphatic heterocycles. The van der Waals surface area contributed by atoms with Crippen molar-refractivity contribution in [3.05, 3.63) is 52.3 Å². The lowest BCUT2D eigenvalue weighted by molar-refractivity contribution is 0.0955. The van der Waals surface area contributed by atoms with E-state index in [4.69, 9.17) is 0 Å². The second kappa shape index (κ2) is 4.35. The van der Waals surface area contributed by atoms with Gasteiger partial charge in [0.1, 0.15) is 5.69 Å². The predicted molar refractivity (Wildman–Crippen MR) is 72.5 cm³/mol. The van der Waals surface area contributed by atoms with E-state index in [0.29, 0.717) is 11.6 Å². The average Bonchev–Trinajstić information content (AvgIpc) is 3.11.